The van der Waals surface area contributed by atoms with Gasteiger partial charge in [-0.2, -0.15) is 0 Å². The van der Waals surface area contributed by atoms with Crippen molar-refractivity contribution in [3.05, 3.63) is 24.3 Å². The van der Waals surface area contributed by atoms with Crippen molar-refractivity contribution in [1.82, 2.24) is 0 Å². The van der Waals surface area contributed by atoms with Crippen molar-refractivity contribution in [3.8, 4) is 5.75 Å². The normalized spacial score (nSPS) is 10.1. The molecule has 0 bridgehead atoms. The van der Waals surface area contributed by atoms with Crippen LogP contribution in [0.3, 0.4) is 0 Å². The highest BCUT2D eigenvalue weighted by Gasteiger charge is 2.10. The van der Waals surface area contributed by atoms with Gasteiger partial charge in [-0.25, -0.2) is 0 Å². The first-order valence-electron chi connectivity index (χ1n) is 6.37. The lowest BCUT2D eigenvalue weighted by Crippen LogP contribution is -2.25. The van der Waals surface area contributed by atoms with Crippen LogP contribution in [0.5, 0.6) is 5.75 Å². The zero-order chi connectivity index (χ0) is 13.4. The summed E-state index contributed by atoms with van der Waals surface area (Å²) in [5.41, 5.74) is 1.03. The van der Waals surface area contributed by atoms with Crippen LogP contribution in [0.2, 0.25) is 0 Å². The molecule has 4 heteroatoms. The summed E-state index contributed by atoms with van der Waals surface area (Å²) in [6.07, 6.45) is 0.844. The highest BCUT2D eigenvalue weighted by molar-refractivity contribution is 5.66. The fourth-order valence-corrected chi connectivity index (χ4v) is 1.87. The van der Waals surface area contributed by atoms with Gasteiger partial charge in [-0.05, 0) is 32.4 Å². The topological polar surface area (TPSA) is 49.8 Å². The van der Waals surface area contributed by atoms with Gasteiger partial charge < -0.3 is 14.7 Å². The maximum atomic E-state index is 10.5. The molecule has 4 nitrogen and oxygen atoms in total. The van der Waals surface area contributed by atoms with Crippen LogP contribution in [0, 0.1) is 0 Å². The molecule has 0 fully saturated rings. The molecule has 1 rings (SSSR count). The number of carboxylic acid groups (broad SMARTS) is 1. The highest BCUT2D eigenvalue weighted by Crippen LogP contribution is 2.28. The monoisotopic (exact) mass is 251 g/mol. The Labute approximate surface area is 108 Å². The summed E-state index contributed by atoms with van der Waals surface area (Å²) in [5.74, 6) is 0.112. The van der Waals surface area contributed by atoms with Crippen LogP contribution in [0.15, 0.2) is 24.3 Å². The van der Waals surface area contributed by atoms with Gasteiger partial charge in [0.25, 0.3) is 0 Å². The minimum absolute atomic E-state index is 0.202. The zero-order valence-electron chi connectivity index (χ0n) is 11.1. The first-order valence-corrected chi connectivity index (χ1v) is 6.37. The number of carboxylic acids is 1. The van der Waals surface area contributed by atoms with Crippen LogP contribution in [-0.4, -0.2) is 30.8 Å². The van der Waals surface area contributed by atoms with Gasteiger partial charge in [-0.1, -0.05) is 12.1 Å². The van der Waals surface area contributed by atoms with Crippen molar-refractivity contribution in [2.45, 2.75) is 26.7 Å². The summed E-state index contributed by atoms with van der Waals surface area (Å²) in [7, 11) is 0. The first kappa shape index (κ1) is 14.4. The Hall–Kier alpha value is -1.71. The third-order valence-electron chi connectivity index (χ3n) is 2.71. The first-order chi connectivity index (χ1) is 8.69. The van der Waals surface area contributed by atoms with E-state index in [0.717, 1.165) is 24.5 Å². The lowest BCUT2D eigenvalue weighted by Gasteiger charge is -2.25. The molecule has 100 valence electrons. The smallest absolute Gasteiger partial charge is 0.303 e. The number of anilines is 1. The van der Waals surface area contributed by atoms with Gasteiger partial charge in [0.2, 0.25) is 0 Å². The second-order valence-corrected chi connectivity index (χ2v) is 3.98. The fourth-order valence-electron chi connectivity index (χ4n) is 1.87. The number of hydrogen-bond acceptors (Lipinski definition) is 3. The van der Waals surface area contributed by atoms with E-state index in [4.69, 9.17) is 9.84 Å². The summed E-state index contributed by atoms with van der Waals surface area (Å²) in [4.78, 5) is 12.7. The SMILES string of the molecule is CCOc1ccccc1N(CC)CCCC(=O)O. The van der Waals surface area contributed by atoms with Gasteiger partial charge in [0.1, 0.15) is 5.75 Å². The van der Waals surface area contributed by atoms with Crippen molar-refractivity contribution >= 4 is 11.7 Å². The second-order valence-electron chi connectivity index (χ2n) is 3.98. The molecule has 0 aliphatic rings. The van der Waals surface area contributed by atoms with Crippen LogP contribution in [0.4, 0.5) is 5.69 Å². The van der Waals surface area contributed by atoms with Gasteiger partial charge >= 0.3 is 5.97 Å². The maximum Gasteiger partial charge on any atom is 0.303 e. The van der Waals surface area contributed by atoms with Crippen LogP contribution < -0.4 is 9.64 Å². The van der Waals surface area contributed by atoms with Crippen molar-refractivity contribution in [2.75, 3.05) is 24.6 Å². The molecule has 0 saturated heterocycles. The van der Waals surface area contributed by atoms with Crippen LogP contribution in [0.25, 0.3) is 0 Å². The van der Waals surface area contributed by atoms with Crippen molar-refractivity contribution in [2.24, 2.45) is 0 Å². The summed E-state index contributed by atoms with van der Waals surface area (Å²) < 4.78 is 5.59. The van der Waals surface area contributed by atoms with Gasteiger partial charge in [-0.15, -0.1) is 0 Å². The van der Waals surface area contributed by atoms with Crippen LogP contribution in [0.1, 0.15) is 26.7 Å². The predicted molar refractivity (Wildman–Crippen MR) is 72.4 cm³/mol. The van der Waals surface area contributed by atoms with Crippen LogP contribution >= 0.6 is 0 Å². The number of para-hydroxylation sites is 2. The van der Waals surface area contributed by atoms with Gasteiger partial charge in [0, 0.05) is 19.5 Å². The largest absolute Gasteiger partial charge is 0.492 e. The molecule has 0 spiro atoms. The van der Waals surface area contributed by atoms with Gasteiger partial charge in [-0.3, -0.25) is 4.79 Å². The number of nitrogens with zero attached hydrogens (tertiary/aromatic N) is 1. The van der Waals surface area contributed by atoms with Crippen molar-refractivity contribution in [1.29, 1.82) is 0 Å². The average Bonchev–Trinajstić information content (AvgIpc) is 2.36. The van der Waals surface area contributed by atoms with E-state index in [-0.39, 0.29) is 6.42 Å². The van der Waals surface area contributed by atoms with Gasteiger partial charge in [0.05, 0.1) is 12.3 Å². The minimum Gasteiger partial charge on any atom is -0.492 e. The zero-order valence-corrected chi connectivity index (χ0v) is 11.1. The molecule has 1 aromatic carbocycles. The molecule has 0 aromatic heterocycles. The number of hydrogen-bond donors (Lipinski definition) is 1. The lowest BCUT2D eigenvalue weighted by atomic mass is 10.2. The third kappa shape index (κ3) is 4.28. The van der Waals surface area contributed by atoms with Crippen LogP contribution in [-0.2, 0) is 4.79 Å². The summed E-state index contributed by atoms with van der Waals surface area (Å²) in [5, 5.41) is 8.67. The Morgan fingerprint density at radius 2 is 2.06 bits per heavy atom. The molecule has 0 unspecified atom stereocenters. The van der Waals surface area contributed by atoms with Crippen molar-refractivity contribution in [3.63, 3.8) is 0 Å². The lowest BCUT2D eigenvalue weighted by molar-refractivity contribution is -0.137. The molecule has 1 N–H and O–H groups in total. The summed E-state index contributed by atoms with van der Waals surface area (Å²) in [6, 6.07) is 7.87. The van der Waals surface area contributed by atoms with E-state index in [1.807, 2.05) is 31.2 Å². The summed E-state index contributed by atoms with van der Waals surface area (Å²) in [6.45, 7) is 6.21. The quantitative estimate of drug-likeness (QED) is 0.772. The molecule has 1 aromatic rings. The van der Waals surface area contributed by atoms with Gasteiger partial charge in [0.15, 0.2) is 0 Å². The van der Waals surface area contributed by atoms with E-state index in [0.29, 0.717) is 13.0 Å². The van der Waals surface area contributed by atoms with E-state index in [2.05, 4.69) is 11.8 Å². The number of carbonyl (C=O) groups is 1. The molecule has 0 heterocycles. The Balaban J connectivity index is 2.71. The number of benzene rings is 1. The molecule has 18 heavy (non-hydrogen) atoms. The van der Waals surface area contributed by atoms with E-state index in [9.17, 15) is 4.79 Å². The number of rotatable bonds is 8. The molecule has 0 aliphatic heterocycles. The molecule has 0 atom stereocenters. The second kappa shape index (κ2) is 7.58. The Kier molecular flexibility index (Phi) is 6.05. The van der Waals surface area contributed by atoms with E-state index < -0.39 is 5.97 Å². The standard InChI is InChI=1S/C14H21NO3/c1-3-15(11-7-10-14(16)17)12-8-5-6-9-13(12)18-4-2/h5-6,8-9H,3-4,7,10-11H2,1-2H3,(H,16,17). The highest BCUT2D eigenvalue weighted by atomic mass is 16.5. The van der Waals surface area contributed by atoms with E-state index in [1.165, 1.54) is 0 Å². The molecule has 0 aliphatic carbocycles. The Morgan fingerprint density at radius 3 is 2.67 bits per heavy atom. The fraction of sp³-hybridized carbons (Fsp3) is 0.500. The number of aliphatic carboxylic acids is 1. The Morgan fingerprint density at radius 1 is 1.33 bits per heavy atom. The molecular formula is C14H21NO3. The third-order valence-corrected chi connectivity index (χ3v) is 2.71. The minimum atomic E-state index is -0.746. The molecule has 0 saturated carbocycles. The maximum absolute atomic E-state index is 10.5. The van der Waals surface area contributed by atoms with E-state index in [1.54, 1.807) is 0 Å². The molecule has 0 amide bonds. The predicted octanol–water partition coefficient (Wildman–Crippen LogP) is 2.78. The number of ether oxygens (including phenoxy) is 1. The van der Waals surface area contributed by atoms with Crippen molar-refractivity contribution < 1.29 is 14.6 Å². The van der Waals surface area contributed by atoms with E-state index >= 15 is 0 Å². The average molecular weight is 251 g/mol. The summed E-state index contributed by atoms with van der Waals surface area (Å²) >= 11 is 0. The molecule has 0 radical (unpaired) electrons. The Bertz CT molecular complexity index is 379. The molecular weight excluding hydrogens is 230 g/mol.